The van der Waals surface area contributed by atoms with Crippen LogP contribution in [0.5, 0.6) is 5.75 Å². The Morgan fingerprint density at radius 2 is 1.98 bits per heavy atom. The number of nitrogens with one attached hydrogen (secondary N) is 1. The van der Waals surface area contributed by atoms with E-state index in [-0.39, 0.29) is 29.4 Å². The van der Waals surface area contributed by atoms with Crippen molar-refractivity contribution in [2.45, 2.75) is 25.4 Å². The summed E-state index contributed by atoms with van der Waals surface area (Å²) >= 11 is 12.7. The number of carbonyl (C=O) groups is 2. The van der Waals surface area contributed by atoms with Gasteiger partial charge in [0.2, 0.25) is 11.9 Å². The van der Waals surface area contributed by atoms with Gasteiger partial charge >= 0.3 is 0 Å². The van der Waals surface area contributed by atoms with E-state index in [1.165, 1.54) is 0 Å². The van der Waals surface area contributed by atoms with E-state index in [0.29, 0.717) is 47.7 Å². The zero-order valence-corrected chi connectivity index (χ0v) is 24.0. The van der Waals surface area contributed by atoms with Gasteiger partial charge in [0.1, 0.15) is 23.0 Å². The minimum atomic E-state index is -0.391. The molecule has 11 nitrogen and oxygen atoms in total. The Kier molecular flexibility index (Phi) is 8.65. The number of anilines is 1. The minimum absolute atomic E-state index is 0.104. The van der Waals surface area contributed by atoms with Crippen molar-refractivity contribution in [3.63, 3.8) is 0 Å². The molecule has 0 radical (unpaired) electrons. The van der Waals surface area contributed by atoms with E-state index >= 15 is 0 Å². The highest BCUT2D eigenvalue weighted by molar-refractivity contribution is 6.32. The van der Waals surface area contributed by atoms with E-state index in [9.17, 15) is 9.59 Å². The molecule has 1 aliphatic heterocycles. The van der Waals surface area contributed by atoms with Gasteiger partial charge in [0.05, 0.1) is 29.8 Å². The van der Waals surface area contributed by atoms with Gasteiger partial charge in [-0.25, -0.2) is 9.97 Å². The molecule has 2 atom stereocenters. The average molecular weight is 595 g/mol. The van der Waals surface area contributed by atoms with Gasteiger partial charge in [0, 0.05) is 56.9 Å². The molecule has 212 valence electrons. The van der Waals surface area contributed by atoms with Crippen LogP contribution in [0.25, 0.3) is 5.95 Å². The molecule has 1 saturated heterocycles. The molecule has 13 heteroatoms. The van der Waals surface area contributed by atoms with Crippen molar-refractivity contribution in [1.82, 2.24) is 34.7 Å². The number of benzene rings is 1. The fourth-order valence-corrected chi connectivity index (χ4v) is 5.21. The monoisotopic (exact) mass is 594 g/mol. The number of hydrogen-bond donors (Lipinski definition) is 1. The number of halogens is 2. The highest BCUT2D eigenvalue weighted by Crippen LogP contribution is 2.28. The Morgan fingerprint density at radius 1 is 1.12 bits per heavy atom. The second-order valence-electron chi connectivity index (χ2n) is 9.55. The van der Waals surface area contributed by atoms with E-state index < -0.39 is 6.04 Å². The molecule has 0 saturated carbocycles. The third-order valence-corrected chi connectivity index (χ3v) is 7.34. The number of hydrogen-bond acceptors (Lipinski definition) is 8. The Morgan fingerprint density at radius 3 is 2.68 bits per heavy atom. The van der Waals surface area contributed by atoms with Crippen molar-refractivity contribution in [3.8, 4) is 11.7 Å². The zero-order valence-electron chi connectivity index (χ0n) is 22.4. The first-order valence-electron chi connectivity index (χ1n) is 12.9. The lowest BCUT2D eigenvalue weighted by molar-refractivity contribution is -0.122. The van der Waals surface area contributed by atoms with E-state index in [4.69, 9.17) is 32.9 Å². The standard InChI is InChI=1S/C28H28Cl2N8O3/c1-18(19-5-6-23(41-2)22(29)12-19)33-26(39)13-21-16-36(27(40)20-4-3-7-31-15-20)10-11-38(21)25-14-24(30)34-28(35-25)37-9-8-32-17-37/h3-9,12,14-15,17-18,21H,10-11,13,16H2,1-2H3,(H,33,39). The molecule has 1 aliphatic rings. The number of methoxy groups -OCH3 is 1. The van der Waals surface area contributed by atoms with Gasteiger partial charge in [0.15, 0.2) is 0 Å². The van der Waals surface area contributed by atoms with Gasteiger partial charge in [-0.2, -0.15) is 4.98 Å². The van der Waals surface area contributed by atoms with Crippen LogP contribution in [0.4, 0.5) is 5.82 Å². The summed E-state index contributed by atoms with van der Waals surface area (Å²) in [5.41, 5.74) is 1.33. The highest BCUT2D eigenvalue weighted by atomic mass is 35.5. The van der Waals surface area contributed by atoms with Crippen LogP contribution in [-0.4, -0.2) is 74.0 Å². The average Bonchev–Trinajstić information content (AvgIpc) is 3.52. The number of aromatic nitrogens is 5. The molecular weight excluding hydrogens is 567 g/mol. The van der Waals surface area contributed by atoms with Gasteiger partial charge in [0.25, 0.3) is 5.91 Å². The first-order valence-corrected chi connectivity index (χ1v) is 13.7. The third-order valence-electron chi connectivity index (χ3n) is 6.85. The summed E-state index contributed by atoms with van der Waals surface area (Å²) in [6, 6.07) is 9.81. The predicted octanol–water partition coefficient (Wildman–Crippen LogP) is 3.97. The SMILES string of the molecule is COc1ccc(C(C)NC(=O)CC2CN(C(=O)c3cccnc3)CCN2c2cc(Cl)nc(-n3ccnc3)n2)cc1Cl. The molecule has 5 rings (SSSR count). The second kappa shape index (κ2) is 12.5. The highest BCUT2D eigenvalue weighted by Gasteiger charge is 2.33. The Hall–Kier alpha value is -4.22. The van der Waals surface area contributed by atoms with Crippen LogP contribution in [-0.2, 0) is 4.79 Å². The van der Waals surface area contributed by atoms with Gasteiger partial charge < -0.3 is 19.9 Å². The number of nitrogens with zero attached hydrogens (tertiary/aromatic N) is 7. The van der Waals surface area contributed by atoms with Crippen molar-refractivity contribution in [3.05, 3.63) is 88.8 Å². The fraction of sp³-hybridized carbons (Fsp3) is 0.286. The van der Waals surface area contributed by atoms with Crippen molar-refractivity contribution in [1.29, 1.82) is 0 Å². The Balaban J connectivity index is 1.38. The van der Waals surface area contributed by atoms with Gasteiger partial charge in [-0.05, 0) is 36.8 Å². The molecule has 0 spiro atoms. The Labute approximate surface area is 247 Å². The van der Waals surface area contributed by atoms with E-state index in [2.05, 4.69) is 20.3 Å². The van der Waals surface area contributed by atoms with Crippen molar-refractivity contribution in [2.75, 3.05) is 31.6 Å². The van der Waals surface area contributed by atoms with Crippen LogP contribution in [0.3, 0.4) is 0 Å². The van der Waals surface area contributed by atoms with Crippen LogP contribution in [0.1, 0.15) is 35.3 Å². The molecule has 0 aliphatic carbocycles. The van der Waals surface area contributed by atoms with E-state index in [1.54, 1.807) is 78.0 Å². The second-order valence-corrected chi connectivity index (χ2v) is 10.3. The lowest BCUT2D eigenvalue weighted by Crippen LogP contribution is -2.56. The molecule has 41 heavy (non-hydrogen) atoms. The molecule has 0 bridgehead atoms. The van der Waals surface area contributed by atoms with Crippen molar-refractivity contribution >= 4 is 40.8 Å². The Bertz CT molecular complexity index is 1520. The molecule has 2 amide bonds. The van der Waals surface area contributed by atoms with Crippen LogP contribution in [0, 0.1) is 0 Å². The first-order chi connectivity index (χ1) is 19.8. The summed E-state index contributed by atoms with van der Waals surface area (Å²) < 4.78 is 6.88. The fourth-order valence-electron chi connectivity index (χ4n) is 4.77. The lowest BCUT2D eigenvalue weighted by Gasteiger charge is -2.42. The van der Waals surface area contributed by atoms with Gasteiger partial charge in [-0.3, -0.25) is 19.1 Å². The lowest BCUT2D eigenvalue weighted by atomic mass is 10.0. The van der Waals surface area contributed by atoms with E-state index in [0.717, 1.165) is 5.56 Å². The van der Waals surface area contributed by atoms with Crippen molar-refractivity contribution < 1.29 is 14.3 Å². The summed E-state index contributed by atoms with van der Waals surface area (Å²) in [5.74, 6) is 1.13. The number of carbonyl (C=O) groups excluding carboxylic acids is 2. The summed E-state index contributed by atoms with van der Waals surface area (Å²) in [5, 5.41) is 3.76. The maximum atomic E-state index is 13.4. The van der Waals surface area contributed by atoms with Crippen molar-refractivity contribution in [2.24, 2.45) is 0 Å². The predicted molar refractivity (Wildman–Crippen MR) is 155 cm³/mol. The smallest absolute Gasteiger partial charge is 0.255 e. The number of amides is 2. The maximum absolute atomic E-state index is 13.4. The minimum Gasteiger partial charge on any atom is -0.495 e. The molecule has 1 N–H and O–H groups in total. The molecule has 3 aromatic heterocycles. The molecule has 4 aromatic rings. The summed E-state index contributed by atoms with van der Waals surface area (Å²) in [6.45, 7) is 3.04. The number of pyridine rings is 1. The number of imidazole rings is 1. The van der Waals surface area contributed by atoms with Crippen LogP contribution < -0.4 is 15.0 Å². The number of piperazine rings is 1. The normalized spacial score (nSPS) is 15.9. The molecule has 1 aromatic carbocycles. The summed E-state index contributed by atoms with van der Waals surface area (Å²) in [6.07, 6.45) is 8.19. The van der Waals surface area contributed by atoms with Gasteiger partial charge in [-0.1, -0.05) is 29.3 Å². The van der Waals surface area contributed by atoms with Crippen LogP contribution in [0.15, 0.2) is 67.5 Å². The van der Waals surface area contributed by atoms with Gasteiger partial charge in [-0.15, -0.1) is 0 Å². The van der Waals surface area contributed by atoms with Crippen LogP contribution in [0.2, 0.25) is 10.2 Å². The zero-order chi connectivity index (χ0) is 28.9. The largest absolute Gasteiger partial charge is 0.495 e. The third kappa shape index (κ3) is 6.58. The maximum Gasteiger partial charge on any atom is 0.255 e. The summed E-state index contributed by atoms with van der Waals surface area (Å²) in [7, 11) is 1.55. The molecule has 1 fully saturated rings. The quantitative estimate of drug-likeness (QED) is 0.304. The number of ether oxygens (including phenoxy) is 1. The molecular formula is C28H28Cl2N8O3. The number of rotatable bonds is 8. The summed E-state index contributed by atoms with van der Waals surface area (Å²) in [4.78, 5) is 47.5. The topological polar surface area (TPSA) is 118 Å². The molecule has 2 unspecified atom stereocenters. The first kappa shape index (κ1) is 28.3. The van der Waals surface area contributed by atoms with Crippen LogP contribution >= 0.6 is 23.2 Å². The van der Waals surface area contributed by atoms with E-state index in [1.807, 2.05) is 17.9 Å². The molecule has 4 heterocycles.